The number of nitrogens with one attached hydrogen (secondary N) is 1. The number of amides is 1. The van der Waals surface area contributed by atoms with Gasteiger partial charge in [-0.15, -0.1) is 0 Å². The SMILES string of the molecule is CC(C)Oc1ccc(CNC(=O)C2(c3ccc(F)cc3)CC2)cc1. The molecule has 0 aliphatic heterocycles. The minimum Gasteiger partial charge on any atom is -0.491 e. The van der Waals surface area contributed by atoms with Crippen molar-refractivity contribution in [1.82, 2.24) is 5.32 Å². The van der Waals surface area contributed by atoms with Gasteiger partial charge in [0.1, 0.15) is 11.6 Å². The predicted molar refractivity (Wildman–Crippen MR) is 91.4 cm³/mol. The van der Waals surface area contributed by atoms with E-state index in [1.807, 2.05) is 38.1 Å². The van der Waals surface area contributed by atoms with E-state index in [4.69, 9.17) is 4.74 Å². The highest BCUT2D eigenvalue weighted by molar-refractivity contribution is 5.91. The molecule has 126 valence electrons. The normalized spacial score (nSPS) is 15.2. The lowest BCUT2D eigenvalue weighted by Gasteiger charge is -2.16. The fourth-order valence-corrected chi connectivity index (χ4v) is 2.85. The Morgan fingerprint density at radius 3 is 2.29 bits per heavy atom. The van der Waals surface area contributed by atoms with Crippen molar-refractivity contribution in [3.8, 4) is 5.75 Å². The first-order valence-electron chi connectivity index (χ1n) is 8.29. The number of benzene rings is 2. The van der Waals surface area contributed by atoms with Crippen LogP contribution < -0.4 is 10.1 Å². The van der Waals surface area contributed by atoms with Crippen LogP contribution in [0.4, 0.5) is 4.39 Å². The summed E-state index contributed by atoms with van der Waals surface area (Å²) in [5, 5.41) is 3.00. The molecule has 0 saturated heterocycles. The van der Waals surface area contributed by atoms with Crippen molar-refractivity contribution in [3.63, 3.8) is 0 Å². The van der Waals surface area contributed by atoms with Crippen molar-refractivity contribution in [3.05, 3.63) is 65.5 Å². The van der Waals surface area contributed by atoms with Gasteiger partial charge in [0.25, 0.3) is 0 Å². The third-order valence-electron chi connectivity index (χ3n) is 4.33. The third kappa shape index (κ3) is 3.58. The number of hydrogen-bond donors (Lipinski definition) is 1. The van der Waals surface area contributed by atoms with E-state index in [0.717, 1.165) is 29.7 Å². The molecular formula is C20H22FNO2. The highest BCUT2D eigenvalue weighted by atomic mass is 19.1. The maximum absolute atomic E-state index is 13.1. The quantitative estimate of drug-likeness (QED) is 0.872. The van der Waals surface area contributed by atoms with Crippen LogP contribution in [0.5, 0.6) is 5.75 Å². The van der Waals surface area contributed by atoms with Crippen molar-refractivity contribution in [1.29, 1.82) is 0 Å². The van der Waals surface area contributed by atoms with E-state index in [2.05, 4.69) is 5.32 Å². The Morgan fingerprint density at radius 2 is 1.75 bits per heavy atom. The molecule has 2 aromatic carbocycles. The van der Waals surface area contributed by atoms with E-state index >= 15 is 0 Å². The number of halogens is 1. The molecule has 1 amide bonds. The number of rotatable bonds is 6. The summed E-state index contributed by atoms with van der Waals surface area (Å²) in [6, 6.07) is 14.0. The molecule has 0 radical (unpaired) electrons. The van der Waals surface area contributed by atoms with Crippen LogP contribution in [0.15, 0.2) is 48.5 Å². The van der Waals surface area contributed by atoms with Crippen LogP contribution in [0.2, 0.25) is 0 Å². The van der Waals surface area contributed by atoms with Gasteiger partial charge in [-0.1, -0.05) is 24.3 Å². The van der Waals surface area contributed by atoms with E-state index in [1.165, 1.54) is 12.1 Å². The number of ether oxygens (including phenoxy) is 1. The lowest BCUT2D eigenvalue weighted by Crippen LogP contribution is -2.34. The van der Waals surface area contributed by atoms with E-state index in [-0.39, 0.29) is 17.8 Å². The summed E-state index contributed by atoms with van der Waals surface area (Å²) >= 11 is 0. The van der Waals surface area contributed by atoms with Gasteiger partial charge in [-0.2, -0.15) is 0 Å². The Bertz CT molecular complexity index is 703. The molecule has 24 heavy (non-hydrogen) atoms. The first-order valence-corrected chi connectivity index (χ1v) is 8.29. The molecule has 0 atom stereocenters. The largest absolute Gasteiger partial charge is 0.491 e. The van der Waals surface area contributed by atoms with Crippen LogP contribution in [-0.2, 0) is 16.8 Å². The van der Waals surface area contributed by atoms with Crippen molar-refractivity contribution in [2.75, 3.05) is 0 Å². The van der Waals surface area contributed by atoms with Gasteiger partial charge in [0.05, 0.1) is 11.5 Å². The molecule has 1 N–H and O–H groups in total. The average Bonchev–Trinajstić information content (AvgIpc) is 3.36. The number of hydrogen-bond acceptors (Lipinski definition) is 2. The molecule has 1 aliphatic carbocycles. The van der Waals surface area contributed by atoms with Crippen LogP contribution >= 0.6 is 0 Å². The maximum atomic E-state index is 13.1. The fourth-order valence-electron chi connectivity index (χ4n) is 2.85. The Balaban J connectivity index is 1.60. The van der Waals surface area contributed by atoms with Gasteiger partial charge in [0.15, 0.2) is 0 Å². The van der Waals surface area contributed by atoms with E-state index < -0.39 is 5.41 Å². The Kier molecular flexibility index (Phi) is 4.56. The zero-order chi connectivity index (χ0) is 17.2. The molecule has 3 nitrogen and oxygen atoms in total. The third-order valence-corrected chi connectivity index (χ3v) is 4.33. The molecule has 0 bridgehead atoms. The van der Waals surface area contributed by atoms with Crippen LogP contribution in [0, 0.1) is 5.82 Å². The summed E-state index contributed by atoms with van der Waals surface area (Å²) in [4.78, 5) is 12.6. The van der Waals surface area contributed by atoms with Crippen LogP contribution in [0.1, 0.15) is 37.8 Å². The first kappa shape index (κ1) is 16.5. The van der Waals surface area contributed by atoms with Gasteiger partial charge in [-0.05, 0) is 62.1 Å². The van der Waals surface area contributed by atoms with E-state index in [1.54, 1.807) is 12.1 Å². The Morgan fingerprint density at radius 1 is 1.12 bits per heavy atom. The molecule has 3 rings (SSSR count). The molecule has 2 aromatic rings. The molecule has 1 aliphatic rings. The Hall–Kier alpha value is -2.36. The average molecular weight is 327 g/mol. The van der Waals surface area contributed by atoms with Crippen molar-refractivity contribution < 1.29 is 13.9 Å². The van der Waals surface area contributed by atoms with Crippen molar-refractivity contribution in [2.45, 2.75) is 44.8 Å². The topological polar surface area (TPSA) is 38.3 Å². The molecule has 1 fully saturated rings. The summed E-state index contributed by atoms with van der Waals surface area (Å²) in [6.07, 6.45) is 1.76. The van der Waals surface area contributed by atoms with E-state index in [9.17, 15) is 9.18 Å². The van der Waals surface area contributed by atoms with Crippen LogP contribution in [0.25, 0.3) is 0 Å². The second-order valence-electron chi connectivity index (χ2n) is 6.58. The van der Waals surface area contributed by atoms with Crippen molar-refractivity contribution in [2.24, 2.45) is 0 Å². The van der Waals surface area contributed by atoms with Gasteiger partial charge >= 0.3 is 0 Å². The zero-order valence-corrected chi connectivity index (χ0v) is 14.0. The van der Waals surface area contributed by atoms with Gasteiger partial charge in [0, 0.05) is 6.54 Å². The summed E-state index contributed by atoms with van der Waals surface area (Å²) in [5.41, 5.74) is 1.44. The highest BCUT2D eigenvalue weighted by Crippen LogP contribution is 2.48. The molecule has 0 spiro atoms. The molecule has 0 aromatic heterocycles. The first-order chi connectivity index (χ1) is 11.5. The molecule has 4 heteroatoms. The number of carbonyl (C=O) groups is 1. The minimum atomic E-state index is -0.478. The number of carbonyl (C=O) groups excluding carboxylic acids is 1. The summed E-state index contributed by atoms with van der Waals surface area (Å²) in [6.45, 7) is 4.45. The standard InChI is InChI=1S/C20H22FNO2/c1-14(2)24-18-9-3-15(4-10-18)13-22-19(23)20(11-12-20)16-5-7-17(21)8-6-16/h3-10,14H,11-13H2,1-2H3,(H,22,23). The predicted octanol–water partition coefficient (Wildman–Crippen LogP) is 3.96. The maximum Gasteiger partial charge on any atom is 0.230 e. The highest BCUT2D eigenvalue weighted by Gasteiger charge is 2.51. The lowest BCUT2D eigenvalue weighted by molar-refractivity contribution is -0.123. The Labute approximate surface area is 141 Å². The van der Waals surface area contributed by atoms with Crippen molar-refractivity contribution >= 4 is 5.91 Å². The van der Waals surface area contributed by atoms with Gasteiger partial charge < -0.3 is 10.1 Å². The monoisotopic (exact) mass is 327 g/mol. The second-order valence-corrected chi connectivity index (χ2v) is 6.58. The summed E-state index contributed by atoms with van der Waals surface area (Å²) < 4.78 is 18.7. The van der Waals surface area contributed by atoms with Crippen LogP contribution in [-0.4, -0.2) is 12.0 Å². The van der Waals surface area contributed by atoms with Gasteiger partial charge in [-0.3, -0.25) is 4.79 Å². The molecule has 1 saturated carbocycles. The summed E-state index contributed by atoms with van der Waals surface area (Å²) in [7, 11) is 0. The van der Waals surface area contributed by atoms with Gasteiger partial charge in [-0.25, -0.2) is 4.39 Å². The molecule has 0 heterocycles. The molecular weight excluding hydrogens is 305 g/mol. The fraction of sp³-hybridized carbons (Fsp3) is 0.350. The van der Waals surface area contributed by atoms with E-state index in [0.29, 0.717) is 6.54 Å². The van der Waals surface area contributed by atoms with Gasteiger partial charge in [0.2, 0.25) is 5.91 Å². The smallest absolute Gasteiger partial charge is 0.230 e. The lowest BCUT2D eigenvalue weighted by atomic mass is 9.95. The second kappa shape index (κ2) is 6.63. The molecule has 0 unspecified atom stereocenters. The summed E-state index contributed by atoms with van der Waals surface area (Å²) in [5.74, 6) is 0.556. The minimum absolute atomic E-state index is 0.0108. The van der Waals surface area contributed by atoms with Crippen LogP contribution in [0.3, 0.4) is 0 Å². The zero-order valence-electron chi connectivity index (χ0n) is 14.0.